The quantitative estimate of drug-likeness (QED) is 0.882. The number of carbonyl (C=O) groups excluding carboxylic acids is 1. The summed E-state index contributed by atoms with van der Waals surface area (Å²) in [5, 5.41) is 13.0. The summed E-state index contributed by atoms with van der Waals surface area (Å²) in [5.74, 6) is -0.109. The number of carbonyl (C=O) groups is 1. The molecule has 3 rings (SSSR count). The van der Waals surface area contributed by atoms with Crippen LogP contribution in [0.2, 0.25) is 0 Å². The maximum atomic E-state index is 12.3. The van der Waals surface area contributed by atoms with Crippen LogP contribution in [0.4, 0.5) is 4.79 Å². The van der Waals surface area contributed by atoms with E-state index in [1.54, 1.807) is 0 Å². The highest BCUT2D eigenvalue weighted by molar-refractivity contribution is 5.68. The molecule has 0 bridgehead atoms. The molecule has 138 valence electrons. The van der Waals surface area contributed by atoms with Crippen molar-refractivity contribution in [1.82, 2.24) is 5.32 Å². The summed E-state index contributed by atoms with van der Waals surface area (Å²) in [7, 11) is 0. The fraction of sp³-hybridized carbons (Fsp3) is 0.409. The Morgan fingerprint density at radius 2 is 1.58 bits per heavy atom. The second-order valence-electron chi connectivity index (χ2n) is 7.81. The van der Waals surface area contributed by atoms with Crippen molar-refractivity contribution >= 4 is 6.09 Å². The Hall–Kier alpha value is -2.33. The molecule has 1 aliphatic carbocycles. The van der Waals surface area contributed by atoms with Crippen LogP contribution in [0.1, 0.15) is 48.9 Å². The van der Waals surface area contributed by atoms with E-state index in [-0.39, 0.29) is 12.5 Å². The van der Waals surface area contributed by atoms with Crippen molar-refractivity contribution in [2.75, 3.05) is 6.61 Å². The number of aryl methyl sites for hydroxylation is 2. The summed E-state index contributed by atoms with van der Waals surface area (Å²) in [6.07, 6.45) is 1.40. The van der Waals surface area contributed by atoms with E-state index in [2.05, 4.69) is 29.6 Å². The third-order valence-corrected chi connectivity index (χ3v) is 4.75. The fourth-order valence-electron chi connectivity index (χ4n) is 3.69. The first-order chi connectivity index (χ1) is 12.4. The normalized spacial score (nSPS) is 15.4. The molecule has 2 N–H and O–H groups in total. The van der Waals surface area contributed by atoms with Crippen molar-refractivity contribution < 1.29 is 14.6 Å². The molecule has 0 heterocycles. The minimum atomic E-state index is -0.580. The molecule has 1 amide bonds. The van der Waals surface area contributed by atoms with Crippen LogP contribution >= 0.6 is 0 Å². The van der Waals surface area contributed by atoms with Gasteiger partial charge in [-0.3, -0.25) is 0 Å². The zero-order valence-electron chi connectivity index (χ0n) is 15.7. The molecule has 0 fully saturated rings. The first-order valence-corrected chi connectivity index (χ1v) is 9.15. The SMILES string of the molecule is CC(C)(C)OC(=O)NC(CO)C1c2ccccc2CCc2ccccc21. The molecule has 1 atom stereocenters. The van der Waals surface area contributed by atoms with Gasteiger partial charge in [0.1, 0.15) is 5.60 Å². The minimum absolute atomic E-state index is 0.109. The monoisotopic (exact) mass is 353 g/mol. The molecule has 4 heteroatoms. The Bertz CT molecular complexity index is 731. The van der Waals surface area contributed by atoms with E-state index < -0.39 is 17.7 Å². The van der Waals surface area contributed by atoms with Crippen LogP contribution in [-0.4, -0.2) is 29.4 Å². The Balaban J connectivity index is 1.99. The van der Waals surface area contributed by atoms with Gasteiger partial charge in [-0.2, -0.15) is 0 Å². The van der Waals surface area contributed by atoms with Crippen LogP contribution < -0.4 is 5.32 Å². The lowest BCUT2D eigenvalue weighted by atomic mass is 9.83. The van der Waals surface area contributed by atoms with Crippen LogP contribution in [0.5, 0.6) is 0 Å². The standard InChI is InChI=1S/C22H27NO3/c1-22(2,3)26-21(25)23-19(14-24)20-17-10-6-4-8-15(17)12-13-16-9-5-7-11-18(16)20/h4-11,19-20,24H,12-14H2,1-3H3,(H,23,25). The number of aliphatic hydroxyl groups is 1. The van der Waals surface area contributed by atoms with Gasteiger partial charge in [-0.15, -0.1) is 0 Å². The second-order valence-corrected chi connectivity index (χ2v) is 7.81. The molecular weight excluding hydrogens is 326 g/mol. The topological polar surface area (TPSA) is 58.6 Å². The number of amides is 1. The van der Waals surface area contributed by atoms with E-state index in [1.165, 1.54) is 11.1 Å². The average Bonchev–Trinajstić information content (AvgIpc) is 2.75. The van der Waals surface area contributed by atoms with Gasteiger partial charge in [0.15, 0.2) is 0 Å². The lowest BCUT2D eigenvalue weighted by Crippen LogP contribution is -2.44. The second kappa shape index (κ2) is 7.50. The van der Waals surface area contributed by atoms with E-state index in [0.717, 1.165) is 24.0 Å². The Morgan fingerprint density at radius 3 is 2.04 bits per heavy atom. The maximum absolute atomic E-state index is 12.3. The molecule has 1 unspecified atom stereocenters. The molecule has 1 aliphatic rings. The van der Waals surface area contributed by atoms with Crippen molar-refractivity contribution in [3.8, 4) is 0 Å². The molecule has 2 aromatic carbocycles. The number of nitrogens with one attached hydrogen (secondary N) is 1. The number of aliphatic hydroxyl groups excluding tert-OH is 1. The van der Waals surface area contributed by atoms with Crippen LogP contribution in [0.15, 0.2) is 48.5 Å². The number of hydrogen-bond acceptors (Lipinski definition) is 3. The van der Waals surface area contributed by atoms with Gasteiger partial charge in [-0.25, -0.2) is 4.79 Å². The number of hydrogen-bond donors (Lipinski definition) is 2. The first-order valence-electron chi connectivity index (χ1n) is 9.15. The van der Waals surface area contributed by atoms with Gasteiger partial charge in [-0.05, 0) is 55.9 Å². The van der Waals surface area contributed by atoms with Gasteiger partial charge in [0.05, 0.1) is 12.6 Å². The van der Waals surface area contributed by atoms with E-state index in [4.69, 9.17) is 4.74 Å². The summed E-state index contributed by atoms with van der Waals surface area (Å²) in [5.41, 5.74) is 4.26. The van der Waals surface area contributed by atoms with Crippen LogP contribution in [0.3, 0.4) is 0 Å². The van der Waals surface area contributed by atoms with Crippen LogP contribution in [0, 0.1) is 0 Å². The number of ether oxygens (including phenoxy) is 1. The predicted molar refractivity (Wildman–Crippen MR) is 102 cm³/mol. The molecule has 2 aromatic rings. The predicted octanol–water partition coefficient (Wildman–Crippen LogP) is 3.80. The summed E-state index contributed by atoms with van der Waals surface area (Å²) >= 11 is 0. The molecule has 26 heavy (non-hydrogen) atoms. The lowest BCUT2D eigenvalue weighted by Gasteiger charge is -2.30. The van der Waals surface area contributed by atoms with E-state index in [1.807, 2.05) is 45.0 Å². The van der Waals surface area contributed by atoms with E-state index in [9.17, 15) is 9.90 Å². The Morgan fingerprint density at radius 1 is 1.08 bits per heavy atom. The lowest BCUT2D eigenvalue weighted by molar-refractivity contribution is 0.0476. The molecule has 0 radical (unpaired) electrons. The number of rotatable bonds is 3. The first kappa shape index (κ1) is 18.5. The molecular formula is C22H27NO3. The average molecular weight is 353 g/mol. The fourth-order valence-corrected chi connectivity index (χ4v) is 3.69. The number of benzene rings is 2. The van der Waals surface area contributed by atoms with Crippen LogP contribution in [-0.2, 0) is 17.6 Å². The molecule has 0 spiro atoms. The van der Waals surface area contributed by atoms with Gasteiger partial charge in [0.2, 0.25) is 0 Å². The van der Waals surface area contributed by atoms with Gasteiger partial charge < -0.3 is 15.2 Å². The molecule has 0 aliphatic heterocycles. The van der Waals surface area contributed by atoms with Crippen LogP contribution in [0.25, 0.3) is 0 Å². The van der Waals surface area contributed by atoms with E-state index in [0.29, 0.717) is 0 Å². The van der Waals surface area contributed by atoms with Crippen molar-refractivity contribution in [1.29, 1.82) is 0 Å². The summed E-state index contributed by atoms with van der Waals surface area (Å²) in [4.78, 5) is 12.3. The van der Waals surface area contributed by atoms with Gasteiger partial charge in [-0.1, -0.05) is 48.5 Å². The largest absolute Gasteiger partial charge is 0.444 e. The van der Waals surface area contributed by atoms with Crippen molar-refractivity contribution in [3.05, 3.63) is 70.8 Å². The third kappa shape index (κ3) is 4.07. The Labute approximate surface area is 155 Å². The van der Waals surface area contributed by atoms with Crippen molar-refractivity contribution in [2.24, 2.45) is 0 Å². The highest BCUT2D eigenvalue weighted by atomic mass is 16.6. The highest BCUT2D eigenvalue weighted by Gasteiger charge is 2.32. The zero-order valence-corrected chi connectivity index (χ0v) is 15.7. The molecule has 4 nitrogen and oxygen atoms in total. The Kier molecular flexibility index (Phi) is 5.33. The van der Waals surface area contributed by atoms with Crippen molar-refractivity contribution in [3.63, 3.8) is 0 Å². The summed E-state index contributed by atoms with van der Waals surface area (Å²) in [6, 6.07) is 16.1. The zero-order chi connectivity index (χ0) is 18.7. The van der Waals surface area contributed by atoms with Gasteiger partial charge >= 0.3 is 6.09 Å². The minimum Gasteiger partial charge on any atom is -0.444 e. The van der Waals surface area contributed by atoms with E-state index >= 15 is 0 Å². The van der Waals surface area contributed by atoms with Crippen molar-refractivity contribution in [2.45, 2.75) is 51.2 Å². The number of fused-ring (bicyclic) bond motifs is 2. The summed E-state index contributed by atoms with van der Waals surface area (Å²) in [6.45, 7) is 5.33. The molecule has 0 aromatic heterocycles. The smallest absolute Gasteiger partial charge is 0.407 e. The highest BCUT2D eigenvalue weighted by Crippen LogP contribution is 2.36. The molecule has 0 saturated heterocycles. The maximum Gasteiger partial charge on any atom is 0.407 e. The number of alkyl carbamates (subject to hydrolysis) is 1. The third-order valence-electron chi connectivity index (χ3n) is 4.75. The molecule has 0 saturated carbocycles. The summed E-state index contributed by atoms with van der Waals surface area (Å²) < 4.78 is 5.41. The van der Waals surface area contributed by atoms with Gasteiger partial charge in [0, 0.05) is 5.92 Å². The van der Waals surface area contributed by atoms with Gasteiger partial charge in [0.25, 0.3) is 0 Å².